The van der Waals surface area contributed by atoms with Gasteiger partial charge in [0.15, 0.2) is 5.69 Å². The molecule has 3 aromatic rings. The van der Waals surface area contributed by atoms with E-state index in [1.807, 2.05) is 24.3 Å². The Morgan fingerprint density at radius 1 is 1.03 bits per heavy atom. The molecule has 1 fully saturated rings. The predicted molar refractivity (Wildman–Crippen MR) is 111 cm³/mol. The van der Waals surface area contributed by atoms with Crippen LogP contribution in [0.5, 0.6) is 0 Å². The molecule has 0 saturated carbocycles. The molecule has 1 amide bonds. The van der Waals surface area contributed by atoms with Gasteiger partial charge in [0.1, 0.15) is 11.5 Å². The summed E-state index contributed by atoms with van der Waals surface area (Å²) in [5.74, 6) is -0.512. The Labute approximate surface area is 174 Å². The monoisotopic (exact) mass is 412 g/mol. The Kier molecular flexibility index (Phi) is 5.65. The highest BCUT2D eigenvalue weighted by atomic mass is 35.5. The van der Waals surface area contributed by atoms with E-state index in [1.54, 1.807) is 35.4 Å². The van der Waals surface area contributed by atoms with Gasteiger partial charge in [0.2, 0.25) is 0 Å². The van der Waals surface area contributed by atoms with Gasteiger partial charge in [-0.05, 0) is 36.8 Å². The van der Waals surface area contributed by atoms with Crippen LogP contribution >= 0.6 is 11.6 Å². The van der Waals surface area contributed by atoms with Crippen molar-refractivity contribution in [1.82, 2.24) is 19.6 Å². The lowest BCUT2D eigenvalue weighted by molar-refractivity contribution is 0.0576. The summed E-state index contributed by atoms with van der Waals surface area (Å²) in [4.78, 5) is 17.0. The Hall–Kier alpha value is -2.70. The zero-order valence-electron chi connectivity index (χ0n) is 16.1. The summed E-state index contributed by atoms with van der Waals surface area (Å²) in [6.07, 6.45) is 1.61. The van der Waals surface area contributed by atoms with Gasteiger partial charge in [-0.2, -0.15) is 5.10 Å². The summed E-state index contributed by atoms with van der Waals surface area (Å²) in [6, 6.07) is 16.0. The molecule has 1 unspecified atom stereocenters. The van der Waals surface area contributed by atoms with Crippen molar-refractivity contribution in [1.29, 1.82) is 0 Å². The molecule has 0 aliphatic carbocycles. The van der Waals surface area contributed by atoms with E-state index in [-0.39, 0.29) is 17.8 Å². The molecule has 0 bridgehead atoms. The number of benzene rings is 2. The first kappa shape index (κ1) is 19.6. The van der Waals surface area contributed by atoms with Gasteiger partial charge in [0.05, 0.1) is 0 Å². The largest absolute Gasteiger partial charge is 0.335 e. The second-order valence-electron chi connectivity index (χ2n) is 7.12. The molecule has 1 aliphatic rings. The number of rotatable bonds is 4. The van der Waals surface area contributed by atoms with Crippen LogP contribution in [0, 0.1) is 5.82 Å². The lowest BCUT2D eigenvalue weighted by atomic mass is 10.1. The van der Waals surface area contributed by atoms with E-state index in [9.17, 15) is 9.18 Å². The molecular formula is C22H22ClFN4O. The van der Waals surface area contributed by atoms with Crippen LogP contribution in [0.25, 0.3) is 5.69 Å². The molecule has 0 spiro atoms. The van der Waals surface area contributed by atoms with Crippen molar-refractivity contribution in [3.63, 3.8) is 0 Å². The third kappa shape index (κ3) is 4.04. The van der Waals surface area contributed by atoms with Crippen molar-refractivity contribution in [3.8, 4) is 5.69 Å². The van der Waals surface area contributed by atoms with Gasteiger partial charge in [-0.1, -0.05) is 41.9 Å². The third-order valence-corrected chi connectivity index (χ3v) is 5.76. The van der Waals surface area contributed by atoms with E-state index >= 15 is 0 Å². The molecule has 2 aromatic carbocycles. The van der Waals surface area contributed by atoms with Gasteiger partial charge in [0.25, 0.3) is 5.91 Å². The number of piperazine rings is 1. The summed E-state index contributed by atoms with van der Waals surface area (Å²) >= 11 is 6.33. The van der Waals surface area contributed by atoms with E-state index in [0.29, 0.717) is 24.5 Å². The van der Waals surface area contributed by atoms with E-state index in [1.165, 1.54) is 10.7 Å². The van der Waals surface area contributed by atoms with Crippen molar-refractivity contribution < 1.29 is 9.18 Å². The second-order valence-corrected chi connectivity index (χ2v) is 7.53. The summed E-state index contributed by atoms with van der Waals surface area (Å²) in [5.41, 5.74) is 1.74. The third-order valence-electron chi connectivity index (χ3n) is 5.41. The molecule has 7 heteroatoms. The van der Waals surface area contributed by atoms with Gasteiger partial charge in [-0.25, -0.2) is 9.07 Å². The summed E-state index contributed by atoms with van der Waals surface area (Å²) in [5, 5.41) is 5.05. The minimum atomic E-state index is -0.378. The molecule has 4 rings (SSSR count). The van der Waals surface area contributed by atoms with Crippen LogP contribution in [0.2, 0.25) is 5.02 Å². The predicted octanol–water partition coefficient (Wildman–Crippen LogP) is 4.18. The van der Waals surface area contributed by atoms with Crippen LogP contribution in [0.4, 0.5) is 4.39 Å². The van der Waals surface area contributed by atoms with Crippen LogP contribution in [-0.2, 0) is 0 Å². The number of amides is 1. The van der Waals surface area contributed by atoms with Crippen molar-refractivity contribution in [2.45, 2.75) is 13.0 Å². The number of halogens is 2. The van der Waals surface area contributed by atoms with E-state index < -0.39 is 0 Å². The Balaban J connectivity index is 1.41. The summed E-state index contributed by atoms with van der Waals surface area (Å²) in [6.45, 7) is 4.87. The van der Waals surface area contributed by atoms with Gasteiger partial charge >= 0.3 is 0 Å². The van der Waals surface area contributed by atoms with Crippen LogP contribution in [0.3, 0.4) is 0 Å². The minimum absolute atomic E-state index is 0.134. The smallest absolute Gasteiger partial charge is 0.274 e. The van der Waals surface area contributed by atoms with Crippen LogP contribution in [-0.4, -0.2) is 51.7 Å². The quantitative estimate of drug-likeness (QED) is 0.645. The molecule has 150 valence electrons. The average Bonchev–Trinajstić information content (AvgIpc) is 3.23. The van der Waals surface area contributed by atoms with Gasteiger partial charge in [-0.15, -0.1) is 0 Å². The average molecular weight is 413 g/mol. The molecule has 1 aromatic heterocycles. The van der Waals surface area contributed by atoms with E-state index in [2.05, 4.69) is 16.9 Å². The molecule has 0 radical (unpaired) electrons. The topological polar surface area (TPSA) is 41.4 Å². The highest BCUT2D eigenvalue weighted by Crippen LogP contribution is 2.28. The van der Waals surface area contributed by atoms with Gasteiger partial charge in [-0.3, -0.25) is 9.69 Å². The van der Waals surface area contributed by atoms with Gasteiger partial charge in [0, 0.05) is 43.4 Å². The minimum Gasteiger partial charge on any atom is -0.335 e. The Bertz CT molecular complexity index is 1010. The lowest BCUT2D eigenvalue weighted by Crippen LogP contribution is -2.49. The molecule has 1 aliphatic heterocycles. The van der Waals surface area contributed by atoms with Crippen LogP contribution in [0.1, 0.15) is 29.0 Å². The number of aromatic nitrogens is 2. The molecule has 1 atom stereocenters. The van der Waals surface area contributed by atoms with Crippen molar-refractivity contribution in [3.05, 3.63) is 82.9 Å². The first-order valence-electron chi connectivity index (χ1n) is 9.63. The first-order chi connectivity index (χ1) is 14.0. The fourth-order valence-electron chi connectivity index (χ4n) is 3.69. The maximum absolute atomic E-state index is 14.0. The molecule has 2 heterocycles. The fourth-order valence-corrected chi connectivity index (χ4v) is 3.99. The number of nitrogens with zero attached hydrogens (tertiary/aromatic N) is 4. The van der Waals surface area contributed by atoms with Crippen LogP contribution < -0.4 is 0 Å². The second kappa shape index (κ2) is 8.35. The first-order valence-corrected chi connectivity index (χ1v) is 10.0. The molecule has 1 saturated heterocycles. The van der Waals surface area contributed by atoms with Crippen molar-refractivity contribution in [2.24, 2.45) is 0 Å². The molecule has 29 heavy (non-hydrogen) atoms. The zero-order chi connectivity index (χ0) is 20.4. The molecular weight excluding hydrogens is 391 g/mol. The fraction of sp³-hybridized carbons (Fsp3) is 0.273. The maximum atomic E-state index is 14.0. The number of hydrogen-bond donors (Lipinski definition) is 0. The van der Waals surface area contributed by atoms with Crippen LogP contribution in [0.15, 0.2) is 60.8 Å². The Morgan fingerprint density at radius 2 is 1.72 bits per heavy atom. The maximum Gasteiger partial charge on any atom is 0.274 e. The standard InChI is InChI=1S/C22H22ClFN4O/c1-16(17-6-2-3-7-18(17)23)26-12-14-27(15-13-26)22(29)20-10-11-28(25-20)21-9-5-4-8-19(21)24/h2-11,16H,12-15H2,1H3. The molecule has 5 nitrogen and oxygen atoms in total. The highest BCUT2D eigenvalue weighted by molar-refractivity contribution is 6.31. The van der Waals surface area contributed by atoms with Crippen molar-refractivity contribution in [2.75, 3.05) is 26.2 Å². The molecule has 0 N–H and O–H groups in total. The normalized spacial score (nSPS) is 16.0. The highest BCUT2D eigenvalue weighted by Gasteiger charge is 2.27. The zero-order valence-corrected chi connectivity index (χ0v) is 16.9. The number of para-hydroxylation sites is 1. The van der Waals surface area contributed by atoms with Crippen molar-refractivity contribution >= 4 is 17.5 Å². The number of hydrogen-bond acceptors (Lipinski definition) is 3. The van der Waals surface area contributed by atoms with Gasteiger partial charge < -0.3 is 4.90 Å². The number of carbonyl (C=O) groups is 1. The number of carbonyl (C=O) groups excluding carboxylic acids is 1. The Morgan fingerprint density at radius 3 is 2.45 bits per heavy atom. The summed E-state index contributed by atoms with van der Waals surface area (Å²) in [7, 11) is 0. The lowest BCUT2D eigenvalue weighted by Gasteiger charge is -2.38. The summed E-state index contributed by atoms with van der Waals surface area (Å²) < 4.78 is 15.4. The van der Waals surface area contributed by atoms with E-state index in [0.717, 1.165) is 23.7 Å². The SMILES string of the molecule is CC(c1ccccc1Cl)N1CCN(C(=O)c2ccn(-c3ccccc3F)n2)CC1. The van der Waals surface area contributed by atoms with E-state index in [4.69, 9.17) is 11.6 Å².